The van der Waals surface area contributed by atoms with Gasteiger partial charge in [-0.05, 0) is 18.4 Å². The average molecular weight is 317 g/mol. The summed E-state index contributed by atoms with van der Waals surface area (Å²) in [5.74, 6) is -2.02. The quantitative estimate of drug-likeness (QED) is 0.617. The number of carbonyl (C=O) groups is 1. The maximum Gasteiger partial charge on any atom is 0.307 e. The molecule has 1 aromatic carbocycles. The van der Waals surface area contributed by atoms with Gasteiger partial charge in [-0.1, -0.05) is 6.92 Å². The van der Waals surface area contributed by atoms with E-state index in [-0.39, 0.29) is 17.5 Å². The monoisotopic (exact) mass is 317 g/mol. The highest BCUT2D eigenvalue weighted by atomic mass is 32.2. The van der Waals surface area contributed by atoms with Gasteiger partial charge >= 0.3 is 5.69 Å². The van der Waals surface area contributed by atoms with Crippen molar-refractivity contribution in [3.8, 4) is 0 Å². The number of primary sulfonamides is 1. The van der Waals surface area contributed by atoms with Gasteiger partial charge in [0.1, 0.15) is 4.90 Å². The summed E-state index contributed by atoms with van der Waals surface area (Å²) in [5, 5.41) is 18.1. The smallest absolute Gasteiger partial charge is 0.307 e. The van der Waals surface area contributed by atoms with Crippen LogP contribution in [0.3, 0.4) is 0 Å². The Kier molecular flexibility index (Phi) is 3.68. The zero-order valence-corrected chi connectivity index (χ0v) is 11.7. The maximum atomic E-state index is 13.8. The van der Waals surface area contributed by atoms with Crippen LogP contribution in [0.2, 0.25) is 0 Å². The van der Waals surface area contributed by atoms with Crippen LogP contribution in [-0.2, 0) is 10.0 Å². The van der Waals surface area contributed by atoms with Crippen molar-refractivity contribution in [2.75, 3.05) is 0 Å². The first-order valence-electron chi connectivity index (χ1n) is 5.93. The van der Waals surface area contributed by atoms with Crippen molar-refractivity contribution in [1.82, 2.24) is 5.32 Å². The fourth-order valence-electron chi connectivity index (χ4n) is 1.83. The van der Waals surface area contributed by atoms with Crippen molar-refractivity contribution in [3.63, 3.8) is 0 Å². The second-order valence-electron chi connectivity index (χ2n) is 4.90. The van der Waals surface area contributed by atoms with Crippen molar-refractivity contribution < 1.29 is 22.5 Å². The molecule has 1 aromatic rings. The van der Waals surface area contributed by atoms with Crippen molar-refractivity contribution in [2.24, 2.45) is 11.1 Å². The number of halogens is 1. The summed E-state index contributed by atoms with van der Waals surface area (Å²) < 4.78 is 36.3. The average Bonchev–Trinajstić information content (AvgIpc) is 3.02. The highest BCUT2D eigenvalue weighted by Crippen LogP contribution is 2.30. The largest absolute Gasteiger partial charge is 0.349 e. The molecular weight excluding hydrogens is 305 g/mol. The molecule has 0 heterocycles. The van der Waals surface area contributed by atoms with Crippen LogP contribution in [0, 0.1) is 21.8 Å². The first-order valence-corrected chi connectivity index (χ1v) is 7.47. The van der Waals surface area contributed by atoms with Gasteiger partial charge in [-0.3, -0.25) is 14.9 Å². The Balaban J connectivity index is 2.49. The van der Waals surface area contributed by atoms with E-state index in [4.69, 9.17) is 5.14 Å². The predicted molar refractivity (Wildman–Crippen MR) is 69.5 cm³/mol. The van der Waals surface area contributed by atoms with E-state index in [9.17, 15) is 27.7 Å². The van der Waals surface area contributed by atoms with Crippen LogP contribution >= 0.6 is 0 Å². The summed E-state index contributed by atoms with van der Waals surface area (Å²) in [6, 6.07) is 1.31. The van der Waals surface area contributed by atoms with E-state index in [0.717, 1.165) is 6.42 Å². The number of hydrogen-bond donors (Lipinski definition) is 2. The van der Waals surface area contributed by atoms with Gasteiger partial charge in [-0.2, -0.15) is 4.39 Å². The third kappa shape index (κ3) is 3.16. The molecule has 0 bridgehead atoms. The van der Waals surface area contributed by atoms with Crippen LogP contribution in [0.15, 0.2) is 17.0 Å². The maximum absolute atomic E-state index is 13.8. The number of nitro groups is 1. The summed E-state index contributed by atoms with van der Waals surface area (Å²) >= 11 is 0. The van der Waals surface area contributed by atoms with Crippen LogP contribution in [0.4, 0.5) is 10.1 Å². The minimum Gasteiger partial charge on any atom is -0.349 e. The van der Waals surface area contributed by atoms with Gasteiger partial charge in [0.2, 0.25) is 15.8 Å². The molecule has 10 heteroatoms. The SMILES string of the molecule is CC1CC1NC(=O)c1cc([N+](=O)[O-])c(F)c(S(N)(=O)=O)c1. The molecule has 0 radical (unpaired) electrons. The Hall–Kier alpha value is -2.07. The molecule has 3 N–H and O–H groups in total. The second-order valence-corrected chi connectivity index (χ2v) is 6.43. The number of benzene rings is 1. The number of nitrogens with one attached hydrogen (secondary N) is 1. The van der Waals surface area contributed by atoms with Crippen molar-refractivity contribution in [2.45, 2.75) is 24.3 Å². The minimum atomic E-state index is -4.53. The van der Waals surface area contributed by atoms with Crippen molar-refractivity contribution >= 4 is 21.6 Å². The molecule has 21 heavy (non-hydrogen) atoms. The van der Waals surface area contributed by atoms with E-state index in [0.29, 0.717) is 12.1 Å². The van der Waals surface area contributed by atoms with Gasteiger partial charge in [-0.15, -0.1) is 0 Å². The van der Waals surface area contributed by atoms with Gasteiger partial charge in [0.25, 0.3) is 5.91 Å². The van der Waals surface area contributed by atoms with Gasteiger partial charge in [0.15, 0.2) is 0 Å². The zero-order chi connectivity index (χ0) is 15.9. The highest BCUT2D eigenvalue weighted by Gasteiger charge is 2.35. The van der Waals surface area contributed by atoms with Crippen molar-refractivity contribution in [1.29, 1.82) is 0 Å². The first-order chi connectivity index (χ1) is 9.61. The van der Waals surface area contributed by atoms with E-state index in [1.54, 1.807) is 0 Å². The summed E-state index contributed by atoms with van der Waals surface area (Å²) in [6.45, 7) is 1.90. The summed E-state index contributed by atoms with van der Waals surface area (Å²) in [7, 11) is -4.53. The van der Waals surface area contributed by atoms with Gasteiger partial charge in [-0.25, -0.2) is 13.6 Å². The molecule has 1 fully saturated rings. The Morgan fingerprint density at radius 2 is 2.10 bits per heavy atom. The van der Waals surface area contributed by atoms with Gasteiger partial charge < -0.3 is 5.32 Å². The molecule has 1 aliphatic carbocycles. The molecule has 8 nitrogen and oxygen atoms in total. The Bertz CT molecular complexity index is 734. The lowest BCUT2D eigenvalue weighted by Gasteiger charge is -2.07. The third-order valence-electron chi connectivity index (χ3n) is 3.21. The van der Waals surface area contributed by atoms with E-state index in [1.165, 1.54) is 0 Å². The second kappa shape index (κ2) is 5.04. The minimum absolute atomic E-state index is 0.0699. The molecule has 0 saturated heterocycles. The van der Waals surface area contributed by atoms with E-state index < -0.39 is 37.3 Å². The van der Waals surface area contributed by atoms with Crippen molar-refractivity contribution in [3.05, 3.63) is 33.6 Å². The third-order valence-corrected chi connectivity index (χ3v) is 4.12. The molecule has 1 aliphatic rings. The lowest BCUT2D eigenvalue weighted by atomic mass is 10.1. The number of sulfonamides is 1. The number of rotatable bonds is 4. The van der Waals surface area contributed by atoms with E-state index in [1.807, 2.05) is 6.92 Å². The molecular formula is C11H12FN3O5S. The number of nitrogens with two attached hydrogens (primary N) is 1. The molecule has 114 valence electrons. The van der Waals surface area contributed by atoms with Crippen LogP contribution < -0.4 is 10.5 Å². The number of nitrogens with zero attached hydrogens (tertiary/aromatic N) is 1. The summed E-state index contributed by atoms with van der Waals surface area (Å²) in [5.41, 5.74) is -1.44. The van der Waals surface area contributed by atoms with Crippen LogP contribution in [-0.4, -0.2) is 25.3 Å². The fraction of sp³-hybridized carbons (Fsp3) is 0.364. The molecule has 2 unspecified atom stereocenters. The standard InChI is InChI=1S/C11H12FN3O5S/c1-5-2-7(5)14-11(16)6-3-8(15(17)18)10(12)9(4-6)21(13,19)20/h3-5,7H,2H2,1H3,(H,14,16)(H2,13,19,20). The van der Waals surface area contributed by atoms with Crippen LogP contribution in [0.1, 0.15) is 23.7 Å². The molecule has 0 aromatic heterocycles. The topological polar surface area (TPSA) is 132 Å². The highest BCUT2D eigenvalue weighted by molar-refractivity contribution is 7.89. The number of nitro benzene ring substituents is 1. The number of hydrogen-bond acceptors (Lipinski definition) is 5. The Morgan fingerprint density at radius 3 is 2.52 bits per heavy atom. The lowest BCUT2D eigenvalue weighted by molar-refractivity contribution is -0.387. The molecule has 2 rings (SSSR count). The Morgan fingerprint density at radius 1 is 1.52 bits per heavy atom. The first kappa shape index (κ1) is 15.3. The lowest BCUT2D eigenvalue weighted by Crippen LogP contribution is -2.27. The molecule has 2 atom stereocenters. The zero-order valence-electron chi connectivity index (χ0n) is 10.9. The molecule has 0 spiro atoms. The van der Waals surface area contributed by atoms with E-state index >= 15 is 0 Å². The molecule has 0 aliphatic heterocycles. The summed E-state index contributed by atoms with van der Waals surface area (Å²) in [4.78, 5) is 20.5. The Labute approximate surface area is 119 Å². The van der Waals surface area contributed by atoms with Gasteiger partial charge in [0, 0.05) is 17.7 Å². The fourth-order valence-corrected chi connectivity index (χ4v) is 2.47. The number of amides is 1. The normalized spacial score (nSPS) is 20.9. The number of carbonyl (C=O) groups excluding carboxylic acids is 1. The molecule has 1 amide bonds. The predicted octanol–water partition coefficient (Wildman–Crippen LogP) is 0.520. The summed E-state index contributed by atoms with van der Waals surface area (Å²) in [6.07, 6.45) is 0.761. The van der Waals surface area contributed by atoms with Gasteiger partial charge in [0.05, 0.1) is 4.92 Å². The van der Waals surface area contributed by atoms with Crippen LogP contribution in [0.25, 0.3) is 0 Å². The van der Waals surface area contributed by atoms with Crippen LogP contribution in [0.5, 0.6) is 0 Å². The van der Waals surface area contributed by atoms with E-state index in [2.05, 4.69) is 5.32 Å². The molecule has 1 saturated carbocycles.